The van der Waals surface area contributed by atoms with Gasteiger partial charge in [0.1, 0.15) is 6.61 Å². The van der Waals surface area contributed by atoms with Crippen LogP contribution in [-0.4, -0.2) is 33.2 Å². The van der Waals surface area contributed by atoms with Gasteiger partial charge in [-0.1, -0.05) is 18.2 Å². The maximum Gasteiger partial charge on any atom is 0.185 e. The van der Waals surface area contributed by atoms with Crippen molar-refractivity contribution in [3.05, 3.63) is 65.2 Å². The van der Waals surface area contributed by atoms with Crippen LogP contribution in [0, 0.1) is 11.3 Å². The quantitative estimate of drug-likeness (QED) is 0.419. The molecule has 5 heteroatoms. The Morgan fingerprint density at radius 2 is 1.84 bits per heavy atom. The minimum absolute atomic E-state index is 0.147. The highest BCUT2D eigenvalue weighted by Gasteiger charge is 2.09. The smallest absolute Gasteiger partial charge is 0.185 e. The topological polar surface area (TPSA) is 68.5 Å². The molecule has 0 aliphatic carbocycles. The van der Waals surface area contributed by atoms with Crippen LogP contribution in [0.25, 0.3) is 6.08 Å². The van der Waals surface area contributed by atoms with E-state index in [0.717, 1.165) is 5.56 Å². The van der Waals surface area contributed by atoms with Crippen LogP contribution in [0.5, 0.6) is 11.5 Å². The lowest BCUT2D eigenvalue weighted by Crippen LogP contribution is -2.06. The second-order valence-electron chi connectivity index (χ2n) is 5.14. The number of ether oxygens (including phenoxy) is 3. The molecule has 0 unspecified atom stereocenters. The van der Waals surface area contributed by atoms with Crippen molar-refractivity contribution in [2.24, 2.45) is 0 Å². The van der Waals surface area contributed by atoms with Gasteiger partial charge in [-0.3, -0.25) is 4.79 Å². The Balaban J connectivity index is 2.10. The fourth-order valence-electron chi connectivity index (χ4n) is 2.11. The number of allylic oxidation sites excluding steroid dienone is 1. The third kappa shape index (κ3) is 5.20. The van der Waals surface area contributed by atoms with Crippen molar-refractivity contribution in [3.8, 4) is 17.6 Å². The predicted octanol–water partition coefficient (Wildman–Crippen LogP) is 3.49. The van der Waals surface area contributed by atoms with Gasteiger partial charge in [0, 0.05) is 12.7 Å². The summed E-state index contributed by atoms with van der Waals surface area (Å²) in [6, 6.07) is 14.1. The summed E-state index contributed by atoms with van der Waals surface area (Å²) in [5, 5.41) is 8.78. The monoisotopic (exact) mass is 337 g/mol. The second kappa shape index (κ2) is 9.26. The summed E-state index contributed by atoms with van der Waals surface area (Å²) in [4.78, 5) is 12.3. The first kappa shape index (κ1) is 18.2. The SMILES string of the molecule is COCCOc1ccc(C(=O)/C=C/c2ccc(C#N)cc2)cc1OC. The van der Waals surface area contributed by atoms with Gasteiger partial charge in [-0.25, -0.2) is 0 Å². The van der Waals surface area contributed by atoms with Crippen molar-refractivity contribution in [2.75, 3.05) is 27.4 Å². The highest BCUT2D eigenvalue weighted by molar-refractivity contribution is 6.07. The van der Waals surface area contributed by atoms with Crippen molar-refractivity contribution in [1.29, 1.82) is 5.26 Å². The Morgan fingerprint density at radius 1 is 1.08 bits per heavy atom. The van der Waals surface area contributed by atoms with E-state index < -0.39 is 0 Å². The second-order valence-corrected chi connectivity index (χ2v) is 5.14. The average molecular weight is 337 g/mol. The van der Waals surface area contributed by atoms with Gasteiger partial charge >= 0.3 is 0 Å². The average Bonchev–Trinajstić information content (AvgIpc) is 2.66. The molecule has 0 saturated carbocycles. The molecule has 25 heavy (non-hydrogen) atoms. The molecule has 0 heterocycles. The predicted molar refractivity (Wildman–Crippen MR) is 94.9 cm³/mol. The number of methoxy groups -OCH3 is 2. The zero-order chi connectivity index (χ0) is 18.1. The van der Waals surface area contributed by atoms with Crippen LogP contribution in [0.3, 0.4) is 0 Å². The highest BCUT2D eigenvalue weighted by Crippen LogP contribution is 2.28. The van der Waals surface area contributed by atoms with Crippen LogP contribution in [0.2, 0.25) is 0 Å². The number of carbonyl (C=O) groups is 1. The molecule has 2 aromatic rings. The molecule has 2 aromatic carbocycles. The summed E-state index contributed by atoms with van der Waals surface area (Å²) in [6.45, 7) is 0.871. The molecule has 5 nitrogen and oxygen atoms in total. The molecule has 0 N–H and O–H groups in total. The molecule has 0 fully saturated rings. The molecular weight excluding hydrogens is 318 g/mol. The van der Waals surface area contributed by atoms with Gasteiger partial charge in [0.15, 0.2) is 17.3 Å². The molecule has 0 aliphatic heterocycles. The van der Waals surface area contributed by atoms with Crippen LogP contribution >= 0.6 is 0 Å². The molecule has 0 aliphatic rings. The molecule has 0 amide bonds. The van der Waals surface area contributed by atoms with Gasteiger partial charge in [-0.15, -0.1) is 0 Å². The molecule has 0 atom stereocenters. The number of hydrogen-bond donors (Lipinski definition) is 0. The highest BCUT2D eigenvalue weighted by atomic mass is 16.5. The molecule has 2 rings (SSSR count). The fraction of sp³-hybridized carbons (Fsp3) is 0.200. The number of nitrogens with zero attached hydrogens (tertiary/aromatic N) is 1. The van der Waals surface area contributed by atoms with E-state index in [0.29, 0.717) is 35.8 Å². The molecule has 128 valence electrons. The molecule has 0 spiro atoms. The van der Waals surface area contributed by atoms with Crippen LogP contribution in [0.4, 0.5) is 0 Å². The standard InChI is InChI=1S/C20H19NO4/c1-23-11-12-25-19-10-8-17(13-20(19)24-2)18(22)9-7-15-3-5-16(14-21)6-4-15/h3-10,13H,11-12H2,1-2H3/b9-7+. The molecule has 0 radical (unpaired) electrons. The minimum Gasteiger partial charge on any atom is -0.493 e. The van der Waals surface area contributed by atoms with Crippen molar-refractivity contribution in [2.45, 2.75) is 0 Å². The third-order valence-corrected chi connectivity index (χ3v) is 3.46. The number of rotatable bonds is 8. The summed E-state index contributed by atoms with van der Waals surface area (Å²) < 4.78 is 15.8. The number of benzene rings is 2. The van der Waals surface area contributed by atoms with Crippen molar-refractivity contribution in [1.82, 2.24) is 0 Å². The first-order chi connectivity index (χ1) is 12.2. The Labute approximate surface area is 147 Å². The summed E-state index contributed by atoms with van der Waals surface area (Å²) >= 11 is 0. The Bertz CT molecular complexity index is 788. The van der Waals surface area contributed by atoms with Crippen LogP contribution in [-0.2, 0) is 4.74 Å². The largest absolute Gasteiger partial charge is 0.493 e. The van der Waals surface area contributed by atoms with Crippen molar-refractivity contribution in [3.63, 3.8) is 0 Å². The summed E-state index contributed by atoms with van der Waals surface area (Å²) in [5.41, 5.74) is 1.93. The number of nitriles is 1. The maximum absolute atomic E-state index is 12.3. The van der Waals surface area contributed by atoms with Gasteiger partial charge in [0.05, 0.1) is 25.3 Å². The van der Waals surface area contributed by atoms with E-state index in [4.69, 9.17) is 19.5 Å². The molecule has 0 aromatic heterocycles. The van der Waals surface area contributed by atoms with E-state index >= 15 is 0 Å². The summed E-state index contributed by atoms with van der Waals surface area (Å²) in [5.74, 6) is 0.909. The maximum atomic E-state index is 12.3. The van der Waals surface area contributed by atoms with Gasteiger partial charge in [0.25, 0.3) is 0 Å². The van der Waals surface area contributed by atoms with Gasteiger partial charge in [-0.2, -0.15) is 5.26 Å². The van der Waals surface area contributed by atoms with E-state index in [1.807, 2.05) is 0 Å². The van der Waals surface area contributed by atoms with E-state index in [2.05, 4.69) is 6.07 Å². The van der Waals surface area contributed by atoms with Crippen LogP contribution < -0.4 is 9.47 Å². The zero-order valence-electron chi connectivity index (χ0n) is 14.2. The van der Waals surface area contributed by atoms with Gasteiger partial charge in [-0.05, 0) is 42.0 Å². The lowest BCUT2D eigenvalue weighted by atomic mass is 10.1. The molecule has 0 saturated heterocycles. The number of ketones is 1. The normalized spacial score (nSPS) is 10.4. The fourth-order valence-corrected chi connectivity index (χ4v) is 2.11. The lowest BCUT2D eigenvalue weighted by Gasteiger charge is -2.11. The number of carbonyl (C=O) groups excluding carboxylic acids is 1. The number of hydrogen-bond acceptors (Lipinski definition) is 5. The Hall–Kier alpha value is -3.10. The van der Waals surface area contributed by atoms with E-state index in [1.54, 1.807) is 55.7 Å². The Kier molecular flexibility index (Phi) is 6.76. The van der Waals surface area contributed by atoms with E-state index in [-0.39, 0.29) is 5.78 Å². The molecule has 0 bridgehead atoms. The molecular formula is C20H19NO4. The van der Waals surface area contributed by atoms with Crippen molar-refractivity contribution >= 4 is 11.9 Å². The van der Waals surface area contributed by atoms with Crippen molar-refractivity contribution < 1.29 is 19.0 Å². The van der Waals surface area contributed by atoms with Gasteiger partial charge < -0.3 is 14.2 Å². The van der Waals surface area contributed by atoms with Gasteiger partial charge in [0.2, 0.25) is 0 Å². The summed E-state index contributed by atoms with van der Waals surface area (Å²) in [7, 11) is 3.13. The summed E-state index contributed by atoms with van der Waals surface area (Å²) in [6.07, 6.45) is 3.20. The van der Waals surface area contributed by atoms with Crippen LogP contribution in [0.1, 0.15) is 21.5 Å². The Morgan fingerprint density at radius 3 is 2.48 bits per heavy atom. The minimum atomic E-state index is -0.147. The van der Waals surface area contributed by atoms with Crippen LogP contribution in [0.15, 0.2) is 48.5 Å². The first-order valence-electron chi connectivity index (χ1n) is 7.70. The van der Waals surface area contributed by atoms with E-state index in [1.165, 1.54) is 13.2 Å². The first-order valence-corrected chi connectivity index (χ1v) is 7.70. The zero-order valence-corrected chi connectivity index (χ0v) is 14.2. The van der Waals surface area contributed by atoms with E-state index in [9.17, 15) is 4.79 Å². The lowest BCUT2D eigenvalue weighted by molar-refractivity contribution is 0.104. The third-order valence-electron chi connectivity index (χ3n) is 3.46.